The number of pyridine rings is 1. The molecule has 1 aromatic heterocycles. The van der Waals surface area contributed by atoms with E-state index in [0.717, 1.165) is 0 Å². The van der Waals surface area contributed by atoms with Crippen molar-refractivity contribution >= 4 is 11.9 Å². The van der Waals surface area contributed by atoms with Gasteiger partial charge in [0.1, 0.15) is 5.69 Å². The Labute approximate surface area is 112 Å². The van der Waals surface area contributed by atoms with Crippen LogP contribution in [-0.2, 0) is 0 Å². The minimum Gasteiger partial charge on any atom is -0.477 e. The maximum absolute atomic E-state index is 11.9. The predicted molar refractivity (Wildman–Crippen MR) is 70.1 cm³/mol. The van der Waals surface area contributed by atoms with Gasteiger partial charge in [0.2, 0.25) is 0 Å². The van der Waals surface area contributed by atoms with E-state index in [-0.39, 0.29) is 11.6 Å². The van der Waals surface area contributed by atoms with Gasteiger partial charge in [-0.2, -0.15) is 0 Å². The van der Waals surface area contributed by atoms with Crippen molar-refractivity contribution in [3.63, 3.8) is 0 Å². The highest BCUT2D eigenvalue weighted by Gasteiger charge is 2.15. The monoisotopic (exact) mass is 262 g/mol. The van der Waals surface area contributed by atoms with Gasteiger partial charge in [0.05, 0.1) is 5.56 Å². The zero-order chi connectivity index (χ0) is 13.7. The van der Waals surface area contributed by atoms with Crippen molar-refractivity contribution in [2.24, 2.45) is 5.92 Å². The molecule has 1 aliphatic rings. The fourth-order valence-corrected chi connectivity index (χ4v) is 2.39. The third-order valence-corrected chi connectivity index (χ3v) is 3.52. The zero-order valence-electron chi connectivity index (χ0n) is 10.8. The minimum atomic E-state index is -1.09. The van der Waals surface area contributed by atoms with Crippen LogP contribution in [0.1, 0.15) is 53.0 Å². The maximum atomic E-state index is 11.9. The molecule has 0 saturated heterocycles. The van der Waals surface area contributed by atoms with Gasteiger partial charge in [-0.3, -0.25) is 4.79 Å². The number of carbonyl (C=O) groups is 2. The van der Waals surface area contributed by atoms with Gasteiger partial charge in [-0.15, -0.1) is 0 Å². The van der Waals surface area contributed by atoms with Gasteiger partial charge < -0.3 is 10.4 Å². The molecule has 2 N–H and O–H groups in total. The van der Waals surface area contributed by atoms with Crippen LogP contribution < -0.4 is 5.32 Å². The molecule has 1 fully saturated rings. The van der Waals surface area contributed by atoms with Crippen molar-refractivity contribution < 1.29 is 14.7 Å². The molecule has 0 atom stereocenters. The summed E-state index contributed by atoms with van der Waals surface area (Å²) in [6.45, 7) is 0.694. The number of carboxylic acids is 1. The molecule has 5 nitrogen and oxygen atoms in total. The number of hydrogen-bond acceptors (Lipinski definition) is 3. The second-order valence-electron chi connectivity index (χ2n) is 4.95. The van der Waals surface area contributed by atoms with Crippen molar-refractivity contribution in [1.29, 1.82) is 0 Å². The number of carboxylic acid groups (broad SMARTS) is 1. The second kappa shape index (κ2) is 6.31. The lowest BCUT2D eigenvalue weighted by Crippen LogP contribution is -2.30. The van der Waals surface area contributed by atoms with E-state index in [1.165, 1.54) is 50.4 Å². The fraction of sp³-hybridized carbons (Fsp3) is 0.500. The van der Waals surface area contributed by atoms with E-state index in [2.05, 4.69) is 10.3 Å². The Hall–Kier alpha value is -1.91. The van der Waals surface area contributed by atoms with Crippen LogP contribution >= 0.6 is 0 Å². The molecular formula is C14H18N2O3. The number of nitrogens with one attached hydrogen (secondary N) is 1. The molecule has 1 saturated carbocycles. The highest BCUT2D eigenvalue weighted by atomic mass is 16.4. The number of amides is 1. The summed E-state index contributed by atoms with van der Waals surface area (Å²) in [7, 11) is 0. The summed E-state index contributed by atoms with van der Waals surface area (Å²) in [5.41, 5.74) is 0.352. The molecule has 5 heteroatoms. The number of aromatic carboxylic acids is 1. The molecule has 102 valence electrons. The molecule has 1 amide bonds. The van der Waals surface area contributed by atoms with Gasteiger partial charge in [0.15, 0.2) is 0 Å². The third-order valence-electron chi connectivity index (χ3n) is 3.52. The Morgan fingerprint density at radius 1 is 1.26 bits per heavy atom. The van der Waals surface area contributed by atoms with Crippen molar-refractivity contribution in [3.8, 4) is 0 Å². The first kappa shape index (κ1) is 13.5. The van der Waals surface area contributed by atoms with E-state index in [0.29, 0.717) is 18.0 Å². The van der Waals surface area contributed by atoms with E-state index in [9.17, 15) is 9.59 Å². The Bertz CT molecular complexity index is 450. The summed E-state index contributed by atoms with van der Waals surface area (Å²) in [6.07, 6.45) is 7.45. The molecule has 2 rings (SSSR count). The average Bonchev–Trinajstić information content (AvgIpc) is 2.46. The number of carbonyl (C=O) groups excluding carboxylic acids is 1. The van der Waals surface area contributed by atoms with E-state index in [1.807, 2.05) is 0 Å². The molecule has 1 heterocycles. The summed E-state index contributed by atoms with van der Waals surface area (Å²) in [5.74, 6) is -0.701. The van der Waals surface area contributed by atoms with Gasteiger partial charge >= 0.3 is 5.97 Å². The van der Waals surface area contributed by atoms with E-state index in [1.54, 1.807) is 0 Å². The summed E-state index contributed by atoms with van der Waals surface area (Å²) < 4.78 is 0. The quantitative estimate of drug-likeness (QED) is 0.870. The predicted octanol–water partition coefficient (Wildman–Crippen LogP) is 2.09. The Kier molecular flexibility index (Phi) is 4.49. The Morgan fingerprint density at radius 3 is 2.58 bits per heavy atom. The third kappa shape index (κ3) is 3.77. The number of rotatable bonds is 4. The van der Waals surface area contributed by atoms with Gasteiger partial charge in [0, 0.05) is 12.7 Å². The molecule has 0 radical (unpaired) electrons. The minimum absolute atomic E-state index is 0.0520. The topological polar surface area (TPSA) is 79.3 Å². The zero-order valence-corrected chi connectivity index (χ0v) is 10.8. The van der Waals surface area contributed by atoms with Gasteiger partial charge in [0.25, 0.3) is 5.91 Å². The number of nitrogens with zero attached hydrogens (tertiary/aromatic N) is 1. The largest absolute Gasteiger partial charge is 0.477 e. The smallest absolute Gasteiger partial charge is 0.354 e. The molecule has 0 aromatic carbocycles. The molecule has 0 aliphatic heterocycles. The van der Waals surface area contributed by atoms with Crippen LogP contribution in [0.25, 0.3) is 0 Å². The van der Waals surface area contributed by atoms with Crippen LogP contribution in [-0.4, -0.2) is 28.5 Å². The van der Waals surface area contributed by atoms with Gasteiger partial charge in [-0.05, 0) is 30.9 Å². The van der Waals surface area contributed by atoms with Crippen LogP contribution in [0.2, 0.25) is 0 Å². The molecule has 1 aliphatic carbocycles. The summed E-state index contributed by atoms with van der Waals surface area (Å²) in [5, 5.41) is 11.6. The van der Waals surface area contributed by atoms with Crippen molar-refractivity contribution in [1.82, 2.24) is 10.3 Å². The molecule has 0 unspecified atom stereocenters. The molecule has 0 bridgehead atoms. The normalized spacial score (nSPS) is 16.0. The van der Waals surface area contributed by atoms with Crippen LogP contribution in [0.15, 0.2) is 18.3 Å². The maximum Gasteiger partial charge on any atom is 0.354 e. The van der Waals surface area contributed by atoms with Crippen LogP contribution in [0.3, 0.4) is 0 Å². The van der Waals surface area contributed by atoms with Gasteiger partial charge in [-0.1, -0.05) is 19.3 Å². The fourth-order valence-electron chi connectivity index (χ4n) is 2.39. The molecule has 0 spiro atoms. The molecule has 19 heavy (non-hydrogen) atoms. The van der Waals surface area contributed by atoms with Crippen molar-refractivity contribution in [2.45, 2.75) is 32.1 Å². The lowest BCUT2D eigenvalue weighted by molar-refractivity contribution is 0.0689. The number of hydrogen-bond donors (Lipinski definition) is 2. The van der Waals surface area contributed by atoms with E-state index < -0.39 is 5.97 Å². The van der Waals surface area contributed by atoms with Crippen molar-refractivity contribution in [3.05, 3.63) is 29.6 Å². The van der Waals surface area contributed by atoms with Crippen molar-refractivity contribution in [2.75, 3.05) is 6.54 Å². The first-order chi connectivity index (χ1) is 9.16. The Morgan fingerprint density at radius 2 is 2.00 bits per heavy atom. The van der Waals surface area contributed by atoms with Crippen LogP contribution in [0.5, 0.6) is 0 Å². The standard InChI is InChI=1S/C14H18N2O3/c17-13(16-8-10-4-2-1-3-5-10)11-6-7-12(14(18)19)15-9-11/h6-7,9-10H,1-5,8H2,(H,16,17)(H,18,19). The Balaban J connectivity index is 1.86. The first-order valence-corrected chi connectivity index (χ1v) is 6.64. The lowest BCUT2D eigenvalue weighted by atomic mass is 9.89. The first-order valence-electron chi connectivity index (χ1n) is 6.64. The van der Waals surface area contributed by atoms with E-state index in [4.69, 9.17) is 5.11 Å². The highest BCUT2D eigenvalue weighted by molar-refractivity contribution is 5.94. The molecule has 1 aromatic rings. The highest BCUT2D eigenvalue weighted by Crippen LogP contribution is 2.22. The summed E-state index contributed by atoms with van der Waals surface area (Å²) in [4.78, 5) is 26.3. The van der Waals surface area contributed by atoms with E-state index >= 15 is 0 Å². The summed E-state index contributed by atoms with van der Waals surface area (Å²) in [6, 6.07) is 2.84. The second-order valence-corrected chi connectivity index (χ2v) is 4.95. The SMILES string of the molecule is O=C(NCC1CCCCC1)c1ccc(C(=O)O)nc1. The molecular weight excluding hydrogens is 244 g/mol. The average molecular weight is 262 g/mol. The van der Waals surface area contributed by atoms with Crippen LogP contribution in [0.4, 0.5) is 0 Å². The lowest BCUT2D eigenvalue weighted by Gasteiger charge is -2.21. The van der Waals surface area contributed by atoms with Gasteiger partial charge in [-0.25, -0.2) is 9.78 Å². The summed E-state index contributed by atoms with van der Waals surface area (Å²) >= 11 is 0. The van der Waals surface area contributed by atoms with Crippen LogP contribution in [0, 0.1) is 5.92 Å². The number of aromatic nitrogens is 1.